The number of nitrogens with zero attached hydrogens (tertiary/aromatic N) is 3. The van der Waals surface area contributed by atoms with Crippen molar-refractivity contribution < 1.29 is 4.39 Å². The van der Waals surface area contributed by atoms with Gasteiger partial charge < -0.3 is 0 Å². The molecule has 8 heavy (non-hydrogen) atoms. The van der Waals surface area contributed by atoms with E-state index < -0.39 is 6.08 Å². The fourth-order valence-corrected chi connectivity index (χ4v) is 0.462. The lowest BCUT2D eigenvalue weighted by molar-refractivity contribution is 0.449. The summed E-state index contributed by atoms with van der Waals surface area (Å²) in [5.41, 5.74) is 0. The molecule has 44 valence electrons. The van der Waals surface area contributed by atoms with Crippen molar-refractivity contribution >= 4 is 0 Å². The highest BCUT2D eigenvalue weighted by atomic mass is 19.1. The van der Waals surface area contributed by atoms with E-state index in [0.717, 1.165) is 0 Å². The Balaban J connectivity index is 2.92. The summed E-state index contributed by atoms with van der Waals surface area (Å²) in [7, 11) is 0. The van der Waals surface area contributed by atoms with Crippen molar-refractivity contribution in [3.63, 3.8) is 0 Å². The summed E-state index contributed by atoms with van der Waals surface area (Å²) in [4.78, 5) is 3.27. The van der Waals surface area contributed by atoms with Crippen LogP contribution in [0.5, 0.6) is 0 Å². The third-order valence-corrected chi connectivity index (χ3v) is 0.868. The van der Waals surface area contributed by atoms with Crippen LogP contribution in [-0.4, -0.2) is 14.8 Å². The molecule has 0 aliphatic heterocycles. The summed E-state index contributed by atoms with van der Waals surface area (Å²) in [6, 6.07) is 0. The second-order valence-electron chi connectivity index (χ2n) is 1.34. The molecule has 0 aliphatic rings. The van der Waals surface area contributed by atoms with Gasteiger partial charge in [-0.3, -0.25) is 0 Å². The van der Waals surface area contributed by atoms with E-state index in [4.69, 9.17) is 0 Å². The van der Waals surface area contributed by atoms with E-state index in [1.165, 1.54) is 11.0 Å². The predicted octanol–water partition coefficient (Wildman–Crippen LogP) is 0.437. The summed E-state index contributed by atoms with van der Waals surface area (Å²) >= 11 is 0. The monoisotopic (exact) mass is 115 g/mol. The molecule has 1 aromatic heterocycles. The molecule has 0 saturated heterocycles. The highest BCUT2D eigenvalue weighted by molar-refractivity contribution is 4.59. The molecule has 0 unspecified atom stereocenters. The van der Waals surface area contributed by atoms with Crippen LogP contribution in [0.3, 0.4) is 0 Å². The van der Waals surface area contributed by atoms with Gasteiger partial charge in [0.1, 0.15) is 6.33 Å². The molecule has 1 heterocycles. The zero-order valence-corrected chi connectivity index (χ0v) is 4.50. The van der Waals surface area contributed by atoms with Gasteiger partial charge in [0.05, 0.1) is 0 Å². The third-order valence-electron chi connectivity index (χ3n) is 0.868. The van der Waals surface area contributed by atoms with Gasteiger partial charge in [-0.05, 0) is 6.92 Å². The van der Waals surface area contributed by atoms with Crippen molar-refractivity contribution in [2.75, 3.05) is 0 Å². The third kappa shape index (κ3) is 0.685. The lowest BCUT2D eigenvalue weighted by Gasteiger charge is -1.89. The molecule has 4 heteroatoms. The van der Waals surface area contributed by atoms with Crippen molar-refractivity contribution in [1.82, 2.24) is 14.8 Å². The number of rotatable bonds is 1. The van der Waals surface area contributed by atoms with Gasteiger partial charge in [-0.1, -0.05) is 0 Å². The minimum absolute atomic E-state index is 0.521. The molecule has 1 rings (SSSR count). The average Bonchev–Trinajstić information content (AvgIpc) is 2.14. The normalized spacial score (nSPS) is 9.75. The maximum absolute atomic E-state index is 12.1. The first-order valence-electron chi connectivity index (χ1n) is 2.38. The fourth-order valence-electron chi connectivity index (χ4n) is 0.462. The molecule has 3 nitrogen and oxygen atoms in total. The molecule has 0 fully saturated rings. The maximum atomic E-state index is 12.1. The van der Waals surface area contributed by atoms with Crippen molar-refractivity contribution in [2.45, 2.75) is 13.5 Å². The van der Waals surface area contributed by atoms with Crippen LogP contribution in [0.15, 0.2) is 6.33 Å². The second kappa shape index (κ2) is 1.90. The van der Waals surface area contributed by atoms with E-state index in [2.05, 4.69) is 10.1 Å². The van der Waals surface area contributed by atoms with Gasteiger partial charge in [0.2, 0.25) is 0 Å². The van der Waals surface area contributed by atoms with Crippen molar-refractivity contribution in [3.8, 4) is 0 Å². The molecule has 1 aromatic rings. The van der Waals surface area contributed by atoms with Crippen molar-refractivity contribution in [3.05, 3.63) is 12.4 Å². The molecule has 0 saturated carbocycles. The maximum Gasteiger partial charge on any atom is 0.307 e. The van der Waals surface area contributed by atoms with Crippen LogP contribution in [0, 0.1) is 6.08 Å². The molecule has 0 N–H and O–H groups in total. The SMILES string of the molecule is CCn1ncnc1F. The molecule has 0 bridgehead atoms. The summed E-state index contributed by atoms with van der Waals surface area (Å²) in [6.07, 6.45) is 0.672. The predicted molar refractivity (Wildman–Crippen MR) is 25.7 cm³/mol. The van der Waals surface area contributed by atoms with Crippen LogP contribution in [0.25, 0.3) is 0 Å². The molecule has 0 spiro atoms. The highest BCUT2D eigenvalue weighted by Gasteiger charge is 1.95. The van der Waals surface area contributed by atoms with Crippen LogP contribution in [-0.2, 0) is 6.54 Å². The van der Waals surface area contributed by atoms with Gasteiger partial charge >= 0.3 is 6.08 Å². The summed E-state index contributed by atoms with van der Waals surface area (Å²) in [5, 5.41) is 3.56. The summed E-state index contributed by atoms with van der Waals surface area (Å²) in [5.74, 6) is 0. The van der Waals surface area contributed by atoms with Crippen molar-refractivity contribution in [1.29, 1.82) is 0 Å². The van der Waals surface area contributed by atoms with E-state index in [1.807, 2.05) is 0 Å². The number of aryl methyl sites for hydroxylation is 1. The van der Waals surface area contributed by atoms with E-state index in [0.29, 0.717) is 6.54 Å². The first-order chi connectivity index (χ1) is 3.84. The Hall–Kier alpha value is -0.930. The molecule has 0 atom stereocenters. The van der Waals surface area contributed by atoms with Gasteiger partial charge in [-0.2, -0.15) is 14.5 Å². The van der Waals surface area contributed by atoms with E-state index >= 15 is 0 Å². The lowest BCUT2D eigenvalue weighted by atomic mass is 10.8. The molecule has 0 radical (unpaired) electrons. The van der Waals surface area contributed by atoms with Crippen molar-refractivity contribution in [2.24, 2.45) is 0 Å². The van der Waals surface area contributed by atoms with Crippen LogP contribution < -0.4 is 0 Å². The van der Waals surface area contributed by atoms with Crippen LogP contribution >= 0.6 is 0 Å². The second-order valence-corrected chi connectivity index (χ2v) is 1.34. The quantitative estimate of drug-likeness (QED) is 0.531. The molecular formula is C4H6FN3. The van der Waals surface area contributed by atoms with Gasteiger partial charge in [-0.25, -0.2) is 4.68 Å². The number of aromatic nitrogens is 3. The lowest BCUT2D eigenvalue weighted by Crippen LogP contribution is -1.99. The van der Waals surface area contributed by atoms with Gasteiger partial charge in [0, 0.05) is 6.54 Å². The number of hydrogen-bond donors (Lipinski definition) is 0. The van der Waals surface area contributed by atoms with E-state index in [9.17, 15) is 4.39 Å². The average molecular weight is 115 g/mol. The molecule has 0 aromatic carbocycles. The van der Waals surface area contributed by atoms with Gasteiger partial charge in [-0.15, -0.1) is 0 Å². The van der Waals surface area contributed by atoms with Gasteiger partial charge in [0.15, 0.2) is 0 Å². The van der Waals surface area contributed by atoms with Crippen LogP contribution in [0.2, 0.25) is 0 Å². The Kier molecular flexibility index (Phi) is 1.24. The Morgan fingerprint density at radius 3 is 2.88 bits per heavy atom. The topological polar surface area (TPSA) is 30.7 Å². The van der Waals surface area contributed by atoms with Gasteiger partial charge in [0.25, 0.3) is 0 Å². The zero-order valence-electron chi connectivity index (χ0n) is 4.50. The summed E-state index contributed by atoms with van der Waals surface area (Å²) in [6.45, 7) is 2.34. The molecular weight excluding hydrogens is 109 g/mol. The fraction of sp³-hybridized carbons (Fsp3) is 0.500. The Morgan fingerprint density at radius 1 is 1.88 bits per heavy atom. The first-order valence-corrected chi connectivity index (χ1v) is 2.38. The zero-order chi connectivity index (χ0) is 5.98. The molecule has 0 amide bonds. The van der Waals surface area contributed by atoms with E-state index in [1.54, 1.807) is 6.92 Å². The number of hydrogen-bond acceptors (Lipinski definition) is 2. The minimum atomic E-state index is -0.521. The standard InChI is InChI=1S/C4H6FN3/c1-2-8-4(5)6-3-7-8/h3H,2H2,1H3. The Morgan fingerprint density at radius 2 is 2.62 bits per heavy atom. The largest absolute Gasteiger partial charge is 0.307 e. The van der Waals surface area contributed by atoms with E-state index in [-0.39, 0.29) is 0 Å². The summed E-state index contributed by atoms with van der Waals surface area (Å²) < 4.78 is 13.3. The highest BCUT2D eigenvalue weighted by Crippen LogP contribution is 1.87. The Labute approximate surface area is 46.2 Å². The van der Waals surface area contributed by atoms with Crippen LogP contribution in [0.1, 0.15) is 6.92 Å². The smallest absolute Gasteiger partial charge is 0.222 e. The minimum Gasteiger partial charge on any atom is -0.222 e. The number of halogens is 1. The first kappa shape index (κ1) is 5.21. The Bertz CT molecular complexity index is 172. The van der Waals surface area contributed by atoms with Crippen LogP contribution in [0.4, 0.5) is 4.39 Å². The molecule has 0 aliphatic carbocycles.